The molecule has 1 amide bonds. The molecule has 0 saturated carbocycles. The molecule has 11 heteroatoms. The van der Waals surface area contributed by atoms with E-state index in [-0.39, 0.29) is 23.4 Å². The number of hydrogen-bond acceptors (Lipinski definition) is 5. The van der Waals surface area contributed by atoms with Crippen LogP contribution in [0.4, 0.5) is 23.2 Å². The molecule has 2 aromatic heterocycles. The van der Waals surface area contributed by atoms with Crippen LogP contribution in [-0.4, -0.2) is 63.9 Å². The number of imidazole rings is 1. The molecule has 7 nitrogen and oxygen atoms in total. The van der Waals surface area contributed by atoms with E-state index in [4.69, 9.17) is 0 Å². The Morgan fingerprint density at radius 3 is 2.56 bits per heavy atom. The summed E-state index contributed by atoms with van der Waals surface area (Å²) in [4.78, 5) is 27.8. The van der Waals surface area contributed by atoms with Crippen molar-refractivity contribution in [3.05, 3.63) is 100 Å². The summed E-state index contributed by atoms with van der Waals surface area (Å²) in [6, 6.07) is 12.6. The standard InChI is InChI=1S/C32H30F4N6O/c1-20-4-7-23(14-22(20)8-5-21-6-11-28(37-16-21)30-38-17-29(33)40-30)31(43)39-25-10-9-24(27(15-25)32(34,35)36)18-42-13-12-26(19-42)41(2)3/h4,6-7,9-11,14-17,26H,12-13,18-19H2,1-3H3,(H,38,40)(H,39,43)/t26-/m0/s1. The minimum atomic E-state index is -4.56. The van der Waals surface area contributed by atoms with Crippen molar-refractivity contribution in [1.82, 2.24) is 24.8 Å². The molecule has 0 aliphatic carbocycles. The first-order valence-electron chi connectivity index (χ1n) is 13.7. The lowest BCUT2D eigenvalue weighted by Gasteiger charge is -2.22. The van der Waals surface area contributed by atoms with Crippen LogP contribution < -0.4 is 5.32 Å². The van der Waals surface area contributed by atoms with Gasteiger partial charge in [-0.2, -0.15) is 17.6 Å². The van der Waals surface area contributed by atoms with E-state index in [2.05, 4.69) is 37.0 Å². The van der Waals surface area contributed by atoms with E-state index < -0.39 is 23.6 Å². The fourth-order valence-corrected chi connectivity index (χ4v) is 4.95. The number of carbonyl (C=O) groups is 1. The smallest absolute Gasteiger partial charge is 0.322 e. The molecule has 1 atom stereocenters. The quantitative estimate of drug-likeness (QED) is 0.222. The number of likely N-dealkylation sites (N-methyl/N-ethyl adjacent to an activating group) is 1. The van der Waals surface area contributed by atoms with Crippen LogP contribution in [-0.2, 0) is 12.7 Å². The number of anilines is 1. The summed E-state index contributed by atoms with van der Waals surface area (Å²) in [5, 5.41) is 2.60. The topological polar surface area (TPSA) is 77.2 Å². The van der Waals surface area contributed by atoms with Crippen LogP contribution in [0.25, 0.3) is 11.5 Å². The summed E-state index contributed by atoms with van der Waals surface area (Å²) in [7, 11) is 3.95. The normalized spacial score (nSPS) is 15.4. The molecule has 2 aromatic carbocycles. The predicted octanol–water partition coefficient (Wildman–Crippen LogP) is 5.73. The predicted molar refractivity (Wildman–Crippen MR) is 156 cm³/mol. The number of pyridine rings is 1. The lowest BCUT2D eigenvalue weighted by atomic mass is 10.0. The fourth-order valence-electron chi connectivity index (χ4n) is 4.95. The summed E-state index contributed by atoms with van der Waals surface area (Å²) in [6.45, 7) is 3.46. The molecule has 0 spiro atoms. The van der Waals surface area contributed by atoms with Crippen molar-refractivity contribution in [2.75, 3.05) is 32.5 Å². The van der Waals surface area contributed by atoms with E-state index in [0.29, 0.717) is 35.2 Å². The van der Waals surface area contributed by atoms with E-state index in [9.17, 15) is 22.4 Å². The van der Waals surface area contributed by atoms with Crippen molar-refractivity contribution in [3.8, 4) is 23.4 Å². The van der Waals surface area contributed by atoms with Gasteiger partial charge in [-0.3, -0.25) is 14.7 Å². The third kappa shape index (κ3) is 7.28. The molecule has 4 aromatic rings. The highest BCUT2D eigenvalue weighted by molar-refractivity contribution is 6.04. The summed E-state index contributed by atoms with van der Waals surface area (Å²) in [5.74, 6) is 5.20. The minimum absolute atomic E-state index is 0.0597. The molecule has 3 heterocycles. The lowest BCUT2D eigenvalue weighted by molar-refractivity contribution is -0.138. The van der Waals surface area contributed by atoms with Crippen molar-refractivity contribution in [2.24, 2.45) is 0 Å². The summed E-state index contributed by atoms with van der Waals surface area (Å²) < 4.78 is 55.2. The van der Waals surface area contributed by atoms with E-state index in [1.54, 1.807) is 30.3 Å². The van der Waals surface area contributed by atoms with Crippen LogP contribution >= 0.6 is 0 Å². The number of carbonyl (C=O) groups excluding carboxylic acids is 1. The molecule has 0 bridgehead atoms. The Bertz CT molecular complexity index is 1680. The second kappa shape index (κ2) is 12.4. The number of nitrogens with one attached hydrogen (secondary N) is 2. The zero-order chi connectivity index (χ0) is 30.7. The van der Waals surface area contributed by atoms with Crippen LogP contribution in [0.15, 0.2) is 60.9 Å². The average Bonchev–Trinajstić information content (AvgIpc) is 3.62. The zero-order valence-corrected chi connectivity index (χ0v) is 23.9. The summed E-state index contributed by atoms with van der Waals surface area (Å²) in [6.07, 6.45) is -1.06. The Morgan fingerprint density at radius 1 is 1.09 bits per heavy atom. The molecule has 2 N–H and O–H groups in total. The Labute approximate surface area is 247 Å². The maximum absolute atomic E-state index is 14.0. The molecule has 222 valence electrons. The largest absolute Gasteiger partial charge is 0.416 e. The molecule has 0 unspecified atom stereocenters. The van der Waals surface area contributed by atoms with Gasteiger partial charge in [0.15, 0.2) is 5.82 Å². The van der Waals surface area contributed by atoms with E-state index in [1.807, 2.05) is 25.9 Å². The number of amides is 1. The highest BCUT2D eigenvalue weighted by Crippen LogP contribution is 2.35. The Hall–Kier alpha value is -4.53. The highest BCUT2D eigenvalue weighted by Gasteiger charge is 2.35. The Kier molecular flexibility index (Phi) is 8.62. The summed E-state index contributed by atoms with van der Waals surface area (Å²) in [5.41, 5.74) is 2.19. The molecular weight excluding hydrogens is 560 g/mol. The molecule has 0 radical (unpaired) electrons. The van der Waals surface area contributed by atoms with Crippen LogP contribution in [0.1, 0.15) is 44.6 Å². The van der Waals surface area contributed by atoms with Gasteiger partial charge in [0.05, 0.1) is 11.8 Å². The van der Waals surface area contributed by atoms with Gasteiger partial charge >= 0.3 is 6.18 Å². The van der Waals surface area contributed by atoms with Gasteiger partial charge in [-0.1, -0.05) is 24.0 Å². The van der Waals surface area contributed by atoms with Crippen LogP contribution in [0.2, 0.25) is 0 Å². The first-order chi connectivity index (χ1) is 20.5. The molecule has 1 aliphatic rings. The monoisotopic (exact) mass is 590 g/mol. The van der Waals surface area contributed by atoms with Crippen molar-refractivity contribution >= 4 is 11.6 Å². The van der Waals surface area contributed by atoms with Crippen molar-refractivity contribution < 1.29 is 22.4 Å². The third-order valence-electron chi connectivity index (χ3n) is 7.44. The number of aromatic amines is 1. The maximum atomic E-state index is 14.0. The maximum Gasteiger partial charge on any atom is 0.416 e. The zero-order valence-electron chi connectivity index (χ0n) is 23.9. The Morgan fingerprint density at radius 2 is 1.91 bits per heavy atom. The number of halogens is 4. The number of alkyl halides is 3. The highest BCUT2D eigenvalue weighted by atomic mass is 19.4. The van der Waals surface area contributed by atoms with Gasteiger partial charge in [-0.25, -0.2) is 4.98 Å². The molecular formula is C32H30F4N6O. The van der Waals surface area contributed by atoms with E-state index in [0.717, 1.165) is 30.8 Å². The number of benzene rings is 2. The lowest BCUT2D eigenvalue weighted by Crippen LogP contribution is -2.31. The van der Waals surface area contributed by atoms with Crippen LogP contribution in [0.5, 0.6) is 0 Å². The van der Waals surface area contributed by atoms with Gasteiger partial charge in [-0.05, 0) is 75.0 Å². The van der Waals surface area contributed by atoms with Gasteiger partial charge in [-0.15, -0.1) is 0 Å². The second-order valence-electron chi connectivity index (χ2n) is 10.8. The van der Waals surface area contributed by atoms with Crippen molar-refractivity contribution in [3.63, 3.8) is 0 Å². The number of likely N-dealkylation sites (tertiary alicyclic amines) is 1. The van der Waals surface area contributed by atoms with Crippen LogP contribution in [0, 0.1) is 24.7 Å². The van der Waals surface area contributed by atoms with Gasteiger partial charge in [0.1, 0.15) is 5.69 Å². The van der Waals surface area contributed by atoms with Crippen molar-refractivity contribution in [1.29, 1.82) is 0 Å². The van der Waals surface area contributed by atoms with E-state index in [1.165, 1.54) is 18.3 Å². The first kappa shape index (κ1) is 29.9. The van der Waals surface area contributed by atoms with Crippen LogP contribution in [0.3, 0.4) is 0 Å². The fraction of sp³-hybridized carbons (Fsp3) is 0.281. The van der Waals surface area contributed by atoms with Gasteiger partial charge in [0, 0.05) is 54.3 Å². The van der Waals surface area contributed by atoms with Gasteiger partial charge in [0.25, 0.3) is 5.91 Å². The molecule has 43 heavy (non-hydrogen) atoms. The molecule has 1 saturated heterocycles. The van der Waals surface area contributed by atoms with E-state index >= 15 is 0 Å². The molecule has 5 rings (SSSR count). The average molecular weight is 591 g/mol. The number of nitrogens with zero attached hydrogens (tertiary/aromatic N) is 4. The van der Waals surface area contributed by atoms with Gasteiger partial charge < -0.3 is 15.2 Å². The number of aromatic nitrogens is 3. The van der Waals surface area contributed by atoms with Crippen molar-refractivity contribution in [2.45, 2.75) is 32.1 Å². The third-order valence-corrected chi connectivity index (χ3v) is 7.44. The number of aryl methyl sites for hydroxylation is 1. The molecule has 1 fully saturated rings. The molecule has 1 aliphatic heterocycles. The number of H-pyrrole nitrogens is 1. The SMILES string of the molecule is Cc1ccc(C(=O)Nc2ccc(CN3CC[C@H](N(C)C)C3)c(C(F)(F)F)c2)cc1C#Cc1ccc(-c2ncc(F)[nH]2)nc1. The minimum Gasteiger partial charge on any atom is -0.322 e. The number of hydrogen-bond donors (Lipinski definition) is 2. The first-order valence-corrected chi connectivity index (χ1v) is 13.7. The number of rotatable bonds is 6. The second-order valence-corrected chi connectivity index (χ2v) is 10.8. The Balaban J connectivity index is 1.30. The van der Waals surface area contributed by atoms with Gasteiger partial charge in [0.2, 0.25) is 5.95 Å². The summed E-state index contributed by atoms with van der Waals surface area (Å²) >= 11 is 0.